The van der Waals surface area contributed by atoms with E-state index in [0.717, 1.165) is 0 Å². The minimum absolute atomic E-state index is 0.0867. The van der Waals surface area contributed by atoms with Crippen molar-refractivity contribution in [3.05, 3.63) is 0 Å². The molecular weight excluding hydrogens is 228 g/mol. The van der Waals surface area contributed by atoms with Crippen molar-refractivity contribution in [2.45, 2.75) is 32.5 Å². The number of carbonyl (C=O) groups excluding carboxylic acids is 2. The summed E-state index contributed by atoms with van der Waals surface area (Å²) < 4.78 is 4.96. The molecule has 0 aliphatic rings. The van der Waals surface area contributed by atoms with Crippen LogP contribution in [0.15, 0.2) is 0 Å². The van der Waals surface area contributed by atoms with Crippen LogP contribution in [0.1, 0.15) is 20.8 Å². The summed E-state index contributed by atoms with van der Waals surface area (Å²) in [5, 5.41) is 22.0. The predicted octanol–water partition coefficient (Wildman–Crippen LogP) is -1.02. The molecule has 1 atom stereocenters. The molecule has 0 aromatic heterocycles. The van der Waals surface area contributed by atoms with E-state index in [1.807, 2.05) is 0 Å². The number of amides is 2. The molecule has 7 heteroatoms. The molecule has 0 saturated heterocycles. The fraction of sp³-hybridized carbons (Fsp3) is 0.800. The average molecular weight is 248 g/mol. The van der Waals surface area contributed by atoms with E-state index in [0.29, 0.717) is 0 Å². The van der Waals surface area contributed by atoms with Gasteiger partial charge >= 0.3 is 12.0 Å². The molecule has 0 unspecified atom stereocenters. The van der Waals surface area contributed by atoms with Crippen LogP contribution in [0.5, 0.6) is 0 Å². The van der Waals surface area contributed by atoms with E-state index in [1.165, 1.54) is 0 Å². The van der Waals surface area contributed by atoms with Gasteiger partial charge in [-0.25, -0.2) is 4.79 Å². The number of urea groups is 1. The fourth-order valence-corrected chi connectivity index (χ4v) is 0.868. The fourth-order valence-electron chi connectivity index (χ4n) is 0.868. The van der Waals surface area contributed by atoms with Gasteiger partial charge in [-0.05, 0) is 20.8 Å². The maximum absolute atomic E-state index is 11.2. The second-order valence-corrected chi connectivity index (χ2v) is 4.49. The van der Waals surface area contributed by atoms with E-state index in [9.17, 15) is 9.59 Å². The Morgan fingerprint density at radius 2 is 1.88 bits per heavy atom. The van der Waals surface area contributed by atoms with Crippen LogP contribution < -0.4 is 10.6 Å². The van der Waals surface area contributed by atoms with Gasteiger partial charge in [-0.1, -0.05) is 0 Å². The number of esters is 1. The highest BCUT2D eigenvalue weighted by Crippen LogP contribution is 2.05. The van der Waals surface area contributed by atoms with Gasteiger partial charge in [0.2, 0.25) is 0 Å². The number of hydrogen-bond acceptors (Lipinski definition) is 5. The van der Waals surface area contributed by atoms with E-state index in [1.54, 1.807) is 20.8 Å². The summed E-state index contributed by atoms with van der Waals surface area (Å²) in [7, 11) is 0. The SMILES string of the molecule is CC(C)(C)OC(=O)CNC(=O)NC[C@H](O)CO. The summed E-state index contributed by atoms with van der Waals surface area (Å²) in [6.07, 6.45) is -1.01. The first kappa shape index (κ1) is 15.7. The Hall–Kier alpha value is -1.34. The number of hydrogen-bond donors (Lipinski definition) is 4. The molecule has 0 aliphatic carbocycles. The van der Waals surface area contributed by atoms with Crippen LogP contribution in [0.2, 0.25) is 0 Å². The second kappa shape index (κ2) is 7.08. The molecule has 0 aromatic rings. The Bertz CT molecular complexity index is 262. The summed E-state index contributed by atoms with van der Waals surface area (Å²) in [5.74, 6) is -0.546. The van der Waals surface area contributed by atoms with Gasteiger partial charge in [0.05, 0.1) is 12.7 Å². The lowest BCUT2D eigenvalue weighted by molar-refractivity contribution is -0.153. The molecule has 0 aromatic carbocycles. The molecule has 17 heavy (non-hydrogen) atoms. The smallest absolute Gasteiger partial charge is 0.325 e. The second-order valence-electron chi connectivity index (χ2n) is 4.49. The molecule has 4 N–H and O–H groups in total. The van der Waals surface area contributed by atoms with Crippen molar-refractivity contribution >= 4 is 12.0 Å². The van der Waals surface area contributed by atoms with Gasteiger partial charge in [0.1, 0.15) is 12.1 Å². The number of nitrogens with one attached hydrogen (secondary N) is 2. The minimum atomic E-state index is -1.01. The van der Waals surface area contributed by atoms with Crippen LogP contribution in [-0.2, 0) is 9.53 Å². The molecular formula is C10H20N2O5. The maximum Gasteiger partial charge on any atom is 0.325 e. The lowest BCUT2D eigenvalue weighted by Crippen LogP contribution is -2.43. The van der Waals surface area contributed by atoms with Crippen LogP contribution in [0.25, 0.3) is 0 Å². The van der Waals surface area contributed by atoms with Gasteiger partial charge in [0.25, 0.3) is 0 Å². The zero-order chi connectivity index (χ0) is 13.5. The molecule has 7 nitrogen and oxygen atoms in total. The monoisotopic (exact) mass is 248 g/mol. The molecule has 0 bridgehead atoms. The lowest BCUT2D eigenvalue weighted by atomic mass is 10.2. The van der Waals surface area contributed by atoms with Gasteiger partial charge in [-0.15, -0.1) is 0 Å². The standard InChI is InChI=1S/C10H20N2O5/c1-10(2,3)17-8(15)5-12-9(16)11-4-7(14)6-13/h7,13-14H,4-6H2,1-3H3,(H2,11,12,16)/t7-/m0/s1. The normalized spacial score (nSPS) is 12.8. The summed E-state index contributed by atoms with van der Waals surface area (Å²) in [6, 6.07) is -0.608. The minimum Gasteiger partial charge on any atom is -0.459 e. The Labute approximate surface area is 100 Å². The van der Waals surface area contributed by atoms with E-state index >= 15 is 0 Å². The summed E-state index contributed by atoms with van der Waals surface area (Å²) >= 11 is 0. The van der Waals surface area contributed by atoms with Crippen LogP contribution in [0.4, 0.5) is 4.79 Å². The zero-order valence-electron chi connectivity index (χ0n) is 10.3. The Kier molecular flexibility index (Phi) is 6.52. The third-order valence-electron chi connectivity index (χ3n) is 1.52. The van der Waals surface area contributed by atoms with Crippen LogP contribution >= 0.6 is 0 Å². The van der Waals surface area contributed by atoms with E-state index in [-0.39, 0.29) is 13.1 Å². The summed E-state index contributed by atoms with van der Waals surface area (Å²) in [6.45, 7) is 4.40. The van der Waals surface area contributed by atoms with Crippen molar-refractivity contribution in [2.24, 2.45) is 0 Å². The zero-order valence-corrected chi connectivity index (χ0v) is 10.3. The van der Waals surface area contributed by atoms with Gasteiger partial charge in [-0.2, -0.15) is 0 Å². The first-order chi connectivity index (χ1) is 7.74. The molecule has 0 saturated carbocycles. The third kappa shape index (κ3) is 9.58. The summed E-state index contributed by atoms with van der Waals surface area (Å²) in [5.41, 5.74) is -0.595. The molecule has 100 valence electrons. The number of carbonyl (C=O) groups is 2. The number of ether oxygens (including phenoxy) is 1. The van der Waals surface area contributed by atoms with Gasteiger partial charge in [0.15, 0.2) is 0 Å². The topological polar surface area (TPSA) is 108 Å². The average Bonchev–Trinajstić information content (AvgIpc) is 2.20. The number of aliphatic hydroxyl groups excluding tert-OH is 2. The van der Waals surface area contributed by atoms with Gasteiger partial charge < -0.3 is 25.6 Å². The van der Waals surface area contributed by atoms with Crippen molar-refractivity contribution in [3.8, 4) is 0 Å². The van der Waals surface area contributed by atoms with Crippen molar-refractivity contribution in [1.29, 1.82) is 0 Å². The largest absolute Gasteiger partial charge is 0.459 e. The highest BCUT2D eigenvalue weighted by atomic mass is 16.6. The third-order valence-corrected chi connectivity index (χ3v) is 1.52. The van der Waals surface area contributed by atoms with Gasteiger partial charge in [-0.3, -0.25) is 4.79 Å². The van der Waals surface area contributed by atoms with Crippen LogP contribution in [-0.4, -0.2) is 53.6 Å². The molecule has 0 rings (SSSR count). The first-order valence-electron chi connectivity index (χ1n) is 5.27. The molecule has 0 fully saturated rings. The first-order valence-corrected chi connectivity index (χ1v) is 5.27. The van der Waals surface area contributed by atoms with Crippen molar-refractivity contribution < 1.29 is 24.5 Å². The number of aliphatic hydroxyl groups is 2. The van der Waals surface area contributed by atoms with E-state index < -0.39 is 30.3 Å². The highest BCUT2D eigenvalue weighted by Gasteiger charge is 2.16. The molecule has 0 spiro atoms. The molecule has 0 heterocycles. The molecule has 0 radical (unpaired) electrons. The van der Waals surface area contributed by atoms with E-state index in [2.05, 4.69) is 10.6 Å². The van der Waals surface area contributed by atoms with Crippen molar-refractivity contribution in [3.63, 3.8) is 0 Å². The highest BCUT2D eigenvalue weighted by molar-refractivity contribution is 5.80. The Balaban J connectivity index is 3.74. The quantitative estimate of drug-likeness (QED) is 0.466. The summed E-state index contributed by atoms with van der Waals surface area (Å²) in [4.78, 5) is 22.3. The Morgan fingerprint density at radius 1 is 1.29 bits per heavy atom. The van der Waals surface area contributed by atoms with E-state index in [4.69, 9.17) is 14.9 Å². The Morgan fingerprint density at radius 3 is 2.35 bits per heavy atom. The number of rotatable bonds is 5. The molecule has 2 amide bonds. The lowest BCUT2D eigenvalue weighted by Gasteiger charge is -2.19. The van der Waals surface area contributed by atoms with Crippen molar-refractivity contribution in [1.82, 2.24) is 10.6 Å². The van der Waals surface area contributed by atoms with Crippen LogP contribution in [0, 0.1) is 0 Å². The molecule has 0 aliphatic heterocycles. The van der Waals surface area contributed by atoms with Gasteiger partial charge in [0, 0.05) is 6.54 Å². The van der Waals surface area contributed by atoms with Crippen molar-refractivity contribution in [2.75, 3.05) is 19.7 Å². The van der Waals surface area contributed by atoms with Crippen LogP contribution in [0.3, 0.4) is 0 Å². The maximum atomic E-state index is 11.2. The predicted molar refractivity (Wildman–Crippen MR) is 60.3 cm³/mol.